The zero-order chi connectivity index (χ0) is 22.9. The quantitative estimate of drug-likeness (QED) is 0.343. The molecule has 1 amide bonds. The van der Waals surface area contributed by atoms with Crippen LogP contribution < -0.4 is 5.73 Å². The summed E-state index contributed by atoms with van der Waals surface area (Å²) in [6.45, 7) is 3.33. The summed E-state index contributed by atoms with van der Waals surface area (Å²) < 4.78 is 4.30. The van der Waals surface area contributed by atoms with Crippen LogP contribution in [0.3, 0.4) is 0 Å². The number of fused-ring (bicyclic) bond motifs is 1. The van der Waals surface area contributed by atoms with E-state index in [2.05, 4.69) is 38.4 Å². The molecule has 2 heterocycles. The van der Waals surface area contributed by atoms with E-state index in [0.29, 0.717) is 24.0 Å². The van der Waals surface area contributed by atoms with Crippen molar-refractivity contribution in [3.05, 3.63) is 70.8 Å². The van der Waals surface area contributed by atoms with Gasteiger partial charge in [0.25, 0.3) is 0 Å². The number of aromatic nitrogens is 5. The summed E-state index contributed by atoms with van der Waals surface area (Å²) in [4.78, 5) is 16.4. The van der Waals surface area contributed by atoms with E-state index in [1.54, 1.807) is 11.8 Å². The Morgan fingerprint density at radius 3 is 2.70 bits per heavy atom. The van der Waals surface area contributed by atoms with Crippen molar-refractivity contribution in [2.24, 2.45) is 5.73 Å². The molecule has 1 aliphatic rings. The van der Waals surface area contributed by atoms with Crippen molar-refractivity contribution in [1.29, 1.82) is 0 Å². The van der Waals surface area contributed by atoms with Crippen molar-refractivity contribution in [1.82, 2.24) is 24.3 Å². The molecule has 2 aromatic heterocycles. The highest BCUT2D eigenvalue weighted by molar-refractivity contribution is 7.99. The maximum Gasteiger partial charge on any atom is 0.219 e. The second kappa shape index (κ2) is 9.19. The molecule has 1 aliphatic carbocycles. The first-order valence-electron chi connectivity index (χ1n) is 11.1. The van der Waals surface area contributed by atoms with E-state index in [1.807, 2.05) is 36.4 Å². The van der Waals surface area contributed by atoms with Gasteiger partial charge in [0.1, 0.15) is 11.6 Å². The van der Waals surface area contributed by atoms with Crippen molar-refractivity contribution >= 4 is 40.3 Å². The number of primary amides is 1. The van der Waals surface area contributed by atoms with Crippen molar-refractivity contribution in [2.45, 2.75) is 55.6 Å². The lowest BCUT2D eigenvalue weighted by molar-refractivity contribution is -0.118. The predicted octanol–water partition coefficient (Wildman–Crippen LogP) is 4.94. The van der Waals surface area contributed by atoms with Gasteiger partial charge < -0.3 is 14.9 Å². The highest BCUT2D eigenvalue weighted by atomic mass is 35.5. The van der Waals surface area contributed by atoms with Crippen LogP contribution in [0.5, 0.6) is 0 Å². The Bertz CT molecular complexity index is 1300. The molecule has 1 unspecified atom stereocenters. The maximum absolute atomic E-state index is 11.4. The summed E-state index contributed by atoms with van der Waals surface area (Å²) >= 11 is 7.86. The van der Waals surface area contributed by atoms with Gasteiger partial charge in [0.15, 0.2) is 5.16 Å². The van der Waals surface area contributed by atoms with Gasteiger partial charge in [0, 0.05) is 30.5 Å². The summed E-state index contributed by atoms with van der Waals surface area (Å²) in [7, 11) is 0. The van der Waals surface area contributed by atoms with Crippen LogP contribution in [0.4, 0.5) is 0 Å². The number of nitrogens with two attached hydrogens (primary N) is 1. The third-order valence-electron chi connectivity index (χ3n) is 5.84. The zero-order valence-electron chi connectivity index (χ0n) is 18.3. The van der Waals surface area contributed by atoms with Gasteiger partial charge in [0.05, 0.1) is 16.3 Å². The first-order valence-corrected chi connectivity index (χ1v) is 12.3. The molecule has 170 valence electrons. The molecule has 0 saturated heterocycles. The minimum absolute atomic E-state index is 0.00321. The summed E-state index contributed by atoms with van der Waals surface area (Å²) in [5.74, 6) is 2.00. The lowest BCUT2D eigenvalue weighted by Gasteiger charge is -2.15. The lowest BCUT2D eigenvalue weighted by Crippen LogP contribution is -2.16. The standard InChI is InChI=1S/C24H25ClN6OS/c1-15(33-24-29-28-23(17-7-8-17)30(24)12-11-21(26)32)22-27-19-13-18(25)9-10-20(19)31(22)14-16-5-3-2-4-6-16/h2-6,9-10,13,15,17H,7-8,11-12,14H2,1H3,(H2,26,32). The Hall–Kier alpha value is -2.84. The van der Waals surface area contributed by atoms with Gasteiger partial charge >= 0.3 is 0 Å². The highest BCUT2D eigenvalue weighted by Crippen LogP contribution is 2.42. The molecule has 9 heteroatoms. The van der Waals surface area contributed by atoms with Gasteiger partial charge in [-0.1, -0.05) is 53.7 Å². The molecule has 1 saturated carbocycles. The van der Waals surface area contributed by atoms with Crippen molar-refractivity contribution in [3.63, 3.8) is 0 Å². The first-order chi connectivity index (χ1) is 16.0. The molecule has 0 bridgehead atoms. The molecule has 0 spiro atoms. The summed E-state index contributed by atoms with van der Waals surface area (Å²) in [5.41, 5.74) is 8.53. The van der Waals surface area contributed by atoms with Gasteiger partial charge in [-0.2, -0.15) is 0 Å². The van der Waals surface area contributed by atoms with E-state index in [1.165, 1.54) is 5.56 Å². The minimum Gasteiger partial charge on any atom is -0.370 e. The second-order valence-corrected chi connectivity index (χ2v) is 10.2. The number of amides is 1. The van der Waals surface area contributed by atoms with Crippen LogP contribution in [-0.4, -0.2) is 30.2 Å². The molecular formula is C24H25ClN6OS. The summed E-state index contributed by atoms with van der Waals surface area (Å²) in [6, 6.07) is 16.2. The number of carbonyl (C=O) groups excluding carboxylic acids is 1. The average Bonchev–Trinajstić information content (AvgIpc) is 3.48. The molecular weight excluding hydrogens is 456 g/mol. The van der Waals surface area contributed by atoms with E-state index in [9.17, 15) is 4.79 Å². The number of carbonyl (C=O) groups is 1. The van der Waals surface area contributed by atoms with E-state index in [0.717, 1.165) is 40.7 Å². The lowest BCUT2D eigenvalue weighted by atomic mass is 10.2. The topological polar surface area (TPSA) is 91.6 Å². The molecule has 33 heavy (non-hydrogen) atoms. The van der Waals surface area contributed by atoms with Gasteiger partial charge in [0.2, 0.25) is 5.91 Å². The number of halogens is 1. The summed E-state index contributed by atoms with van der Waals surface area (Å²) in [5, 5.41) is 10.4. The van der Waals surface area contributed by atoms with Crippen LogP contribution in [0.1, 0.15) is 54.6 Å². The first kappa shape index (κ1) is 22.0. The molecule has 0 aliphatic heterocycles. The van der Waals surface area contributed by atoms with E-state index >= 15 is 0 Å². The fourth-order valence-corrected chi connectivity index (χ4v) is 5.21. The maximum atomic E-state index is 11.4. The number of nitrogens with zero attached hydrogens (tertiary/aromatic N) is 5. The fourth-order valence-electron chi connectivity index (χ4n) is 4.04. The zero-order valence-corrected chi connectivity index (χ0v) is 19.9. The number of imidazole rings is 1. The number of thioether (sulfide) groups is 1. The van der Waals surface area contributed by atoms with Crippen LogP contribution in [0.25, 0.3) is 11.0 Å². The van der Waals surface area contributed by atoms with Crippen LogP contribution in [0.2, 0.25) is 5.02 Å². The number of hydrogen-bond acceptors (Lipinski definition) is 5. The third kappa shape index (κ3) is 4.77. The van der Waals surface area contributed by atoms with Gasteiger partial charge in [-0.15, -0.1) is 10.2 Å². The Kier molecular flexibility index (Phi) is 6.12. The van der Waals surface area contributed by atoms with Crippen LogP contribution in [-0.2, 0) is 17.9 Å². The smallest absolute Gasteiger partial charge is 0.219 e. The predicted molar refractivity (Wildman–Crippen MR) is 130 cm³/mol. The van der Waals surface area contributed by atoms with Crippen LogP contribution in [0, 0.1) is 0 Å². The fraction of sp³-hybridized carbons (Fsp3) is 0.333. The number of benzene rings is 2. The Morgan fingerprint density at radius 2 is 1.97 bits per heavy atom. The van der Waals surface area contributed by atoms with E-state index < -0.39 is 0 Å². The molecule has 2 N–H and O–H groups in total. The molecule has 7 nitrogen and oxygen atoms in total. The van der Waals surface area contributed by atoms with E-state index in [4.69, 9.17) is 22.3 Å². The minimum atomic E-state index is -0.323. The second-order valence-electron chi connectivity index (χ2n) is 8.42. The Balaban J connectivity index is 1.49. The normalized spacial score (nSPS) is 14.6. The van der Waals surface area contributed by atoms with Crippen molar-refractivity contribution in [2.75, 3.05) is 0 Å². The molecule has 5 rings (SSSR count). The molecule has 0 radical (unpaired) electrons. The number of hydrogen-bond donors (Lipinski definition) is 1. The Morgan fingerprint density at radius 1 is 1.18 bits per heavy atom. The van der Waals surface area contributed by atoms with Crippen LogP contribution >= 0.6 is 23.4 Å². The molecule has 1 fully saturated rings. The number of rotatable bonds is 9. The molecule has 2 aromatic carbocycles. The van der Waals surface area contributed by atoms with E-state index in [-0.39, 0.29) is 17.6 Å². The molecule has 1 atom stereocenters. The third-order valence-corrected chi connectivity index (χ3v) is 7.15. The molecule has 4 aromatic rings. The average molecular weight is 481 g/mol. The monoisotopic (exact) mass is 480 g/mol. The van der Waals surface area contributed by atoms with Gasteiger partial charge in [-0.05, 0) is 43.5 Å². The van der Waals surface area contributed by atoms with Crippen LogP contribution in [0.15, 0.2) is 53.7 Å². The highest BCUT2D eigenvalue weighted by Gasteiger charge is 2.31. The van der Waals surface area contributed by atoms with Crippen molar-refractivity contribution in [3.8, 4) is 0 Å². The summed E-state index contributed by atoms with van der Waals surface area (Å²) in [6.07, 6.45) is 2.50. The largest absolute Gasteiger partial charge is 0.370 e. The Labute approximate surface area is 201 Å². The van der Waals surface area contributed by atoms with Crippen molar-refractivity contribution < 1.29 is 4.79 Å². The van der Waals surface area contributed by atoms with Gasteiger partial charge in [-0.25, -0.2) is 4.98 Å². The SMILES string of the molecule is CC(Sc1nnc(C2CC2)n1CCC(N)=O)c1nc2cc(Cl)ccc2n1Cc1ccccc1. The van der Waals surface area contributed by atoms with Gasteiger partial charge in [-0.3, -0.25) is 4.79 Å².